The molecule has 0 radical (unpaired) electrons. The lowest BCUT2D eigenvalue weighted by Crippen LogP contribution is -2.43. The molecule has 1 aromatic carbocycles. The van der Waals surface area contributed by atoms with Crippen LogP contribution in [0.2, 0.25) is 0 Å². The second kappa shape index (κ2) is 4.06. The van der Waals surface area contributed by atoms with Crippen molar-refractivity contribution in [1.29, 1.82) is 0 Å². The van der Waals surface area contributed by atoms with Crippen LogP contribution in [0.15, 0.2) is 24.3 Å². The molecule has 0 aliphatic carbocycles. The molecule has 2 bridgehead atoms. The summed E-state index contributed by atoms with van der Waals surface area (Å²) in [7, 11) is 0. The Bertz CT molecular complexity index is 351. The number of rotatable bonds is 2. The summed E-state index contributed by atoms with van der Waals surface area (Å²) in [5.41, 5.74) is 1.03. The fourth-order valence-corrected chi connectivity index (χ4v) is 2.96. The van der Waals surface area contributed by atoms with E-state index in [2.05, 4.69) is 10.6 Å². The third-order valence-electron chi connectivity index (χ3n) is 3.69. The van der Waals surface area contributed by atoms with Crippen molar-refractivity contribution in [2.75, 3.05) is 5.32 Å². The van der Waals surface area contributed by atoms with Crippen LogP contribution in [-0.2, 0) is 0 Å². The molecule has 3 heteroatoms. The first-order valence-corrected chi connectivity index (χ1v) is 6.08. The van der Waals surface area contributed by atoms with Crippen molar-refractivity contribution in [3.8, 4) is 0 Å². The number of anilines is 1. The van der Waals surface area contributed by atoms with Crippen LogP contribution >= 0.6 is 0 Å². The van der Waals surface area contributed by atoms with Crippen LogP contribution in [0.3, 0.4) is 0 Å². The second-order valence-corrected chi connectivity index (χ2v) is 4.96. The van der Waals surface area contributed by atoms with Gasteiger partial charge in [0.05, 0.1) is 0 Å². The number of fused-ring (bicyclic) bond motifs is 2. The van der Waals surface area contributed by atoms with Crippen LogP contribution in [0, 0.1) is 5.82 Å². The smallest absolute Gasteiger partial charge is 0.123 e. The molecule has 2 aliphatic rings. The van der Waals surface area contributed by atoms with Gasteiger partial charge in [0, 0.05) is 23.8 Å². The Kier molecular flexibility index (Phi) is 2.56. The van der Waals surface area contributed by atoms with Gasteiger partial charge in [0.2, 0.25) is 0 Å². The zero-order valence-corrected chi connectivity index (χ0v) is 9.25. The summed E-state index contributed by atoms with van der Waals surface area (Å²) >= 11 is 0. The van der Waals surface area contributed by atoms with Crippen LogP contribution in [0.4, 0.5) is 10.1 Å². The molecule has 2 aliphatic heterocycles. The molecular weight excluding hydrogens is 203 g/mol. The molecule has 2 fully saturated rings. The minimum atomic E-state index is -0.170. The molecular formula is C13H17FN2. The highest BCUT2D eigenvalue weighted by Crippen LogP contribution is 2.28. The molecule has 0 aromatic heterocycles. The number of halogens is 1. The summed E-state index contributed by atoms with van der Waals surface area (Å²) in [6, 6.07) is 8.59. The maximum absolute atomic E-state index is 12.8. The summed E-state index contributed by atoms with van der Waals surface area (Å²) in [5, 5.41) is 7.12. The lowest BCUT2D eigenvalue weighted by atomic mass is 9.99. The van der Waals surface area contributed by atoms with Crippen molar-refractivity contribution < 1.29 is 4.39 Å². The van der Waals surface area contributed by atoms with E-state index < -0.39 is 0 Å². The van der Waals surface area contributed by atoms with Gasteiger partial charge in [0.15, 0.2) is 0 Å². The minimum absolute atomic E-state index is 0.170. The third-order valence-corrected chi connectivity index (χ3v) is 3.69. The van der Waals surface area contributed by atoms with Crippen molar-refractivity contribution >= 4 is 5.69 Å². The van der Waals surface area contributed by atoms with E-state index in [4.69, 9.17) is 0 Å². The maximum atomic E-state index is 12.8. The average Bonchev–Trinajstić information content (AvgIpc) is 2.62. The van der Waals surface area contributed by atoms with Crippen LogP contribution in [0.5, 0.6) is 0 Å². The van der Waals surface area contributed by atoms with Crippen molar-refractivity contribution in [1.82, 2.24) is 5.32 Å². The van der Waals surface area contributed by atoms with Crippen molar-refractivity contribution in [3.63, 3.8) is 0 Å². The zero-order chi connectivity index (χ0) is 11.0. The molecule has 2 N–H and O–H groups in total. The standard InChI is InChI=1S/C13H17FN2/c14-9-1-3-10(4-2-9)15-13-7-11-5-6-12(8-13)16-11/h1-4,11-13,15-16H,5-8H2/t11-,12?,13?/m0/s1. The van der Waals surface area contributed by atoms with Crippen molar-refractivity contribution in [2.24, 2.45) is 0 Å². The van der Waals surface area contributed by atoms with Gasteiger partial charge in [0.1, 0.15) is 5.82 Å². The molecule has 16 heavy (non-hydrogen) atoms. The Morgan fingerprint density at radius 1 is 1.06 bits per heavy atom. The molecule has 0 amide bonds. The van der Waals surface area contributed by atoms with Gasteiger partial charge in [-0.25, -0.2) is 4.39 Å². The minimum Gasteiger partial charge on any atom is -0.382 e. The normalized spacial score (nSPS) is 32.7. The van der Waals surface area contributed by atoms with E-state index in [0.29, 0.717) is 18.1 Å². The van der Waals surface area contributed by atoms with Gasteiger partial charge in [-0.15, -0.1) is 0 Å². The molecule has 2 nitrogen and oxygen atoms in total. The number of hydrogen-bond acceptors (Lipinski definition) is 2. The molecule has 2 unspecified atom stereocenters. The van der Waals surface area contributed by atoms with E-state index in [9.17, 15) is 4.39 Å². The highest BCUT2D eigenvalue weighted by atomic mass is 19.1. The van der Waals surface area contributed by atoms with E-state index in [-0.39, 0.29) is 5.82 Å². The Morgan fingerprint density at radius 3 is 2.31 bits per heavy atom. The quantitative estimate of drug-likeness (QED) is 0.800. The highest BCUT2D eigenvalue weighted by molar-refractivity contribution is 5.44. The van der Waals surface area contributed by atoms with Crippen LogP contribution in [-0.4, -0.2) is 18.1 Å². The van der Waals surface area contributed by atoms with Crippen LogP contribution < -0.4 is 10.6 Å². The van der Waals surface area contributed by atoms with Crippen LogP contribution in [0.1, 0.15) is 25.7 Å². The average molecular weight is 220 g/mol. The van der Waals surface area contributed by atoms with Gasteiger partial charge in [-0.05, 0) is 49.9 Å². The summed E-state index contributed by atoms with van der Waals surface area (Å²) in [6.45, 7) is 0. The molecule has 1 aromatic rings. The fraction of sp³-hybridized carbons (Fsp3) is 0.538. The number of hydrogen-bond donors (Lipinski definition) is 2. The van der Waals surface area contributed by atoms with Gasteiger partial charge >= 0.3 is 0 Å². The first-order valence-electron chi connectivity index (χ1n) is 6.08. The highest BCUT2D eigenvalue weighted by Gasteiger charge is 2.33. The fourth-order valence-electron chi connectivity index (χ4n) is 2.96. The molecule has 86 valence electrons. The van der Waals surface area contributed by atoms with Crippen molar-refractivity contribution in [2.45, 2.75) is 43.8 Å². The zero-order valence-electron chi connectivity index (χ0n) is 9.25. The van der Waals surface area contributed by atoms with Gasteiger partial charge in [-0.2, -0.15) is 0 Å². The summed E-state index contributed by atoms with van der Waals surface area (Å²) < 4.78 is 12.8. The van der Waals surface area contributed by atoms with Crippen LogP contribution in [0.25, 0.3) is 0 Å². The molecule has 3 atom stereocenters. The van der Waals surface area contributed by atoms with E-state index in [1.54, 1.807) is 0 Å². The first-order chi connectivity index (χ1) is 7.79. The second-order valence-electron chi connectivity index (χ2n) is 4.96. The number of piperidine rings is 1. The van der Waals surface area contributed by atoms with Gasteiger partial charge in [-0.3, -0.25) is 0 Å². The van der Waals surface area contributed by atoms with Crippen molar-refractivity contribution in [3.05, 3.63) is 30.1 Å². The Morgan fingerprint density at radius 2 is 1.69 bits per heavy atom. The topological polar surface area (TPSA) is 24.1 Å². The molecule has 0 saturated carbocycles. The number of benzene rings is 1. The predicted molar refractivity (Wildman–Crippen MR) is 63.0 cm³/mol. The Labute approximate surface area is 95.2 Å². The van der Waals surface area contributed by atoms with Gasteiger partial charge in [0.25, 0.3) is 0 Å². The summed E-state index contributed by atoms with van der Waals surface area (Å²) in [5.74, 6) is -0.170. The van der Waals surface area contributed by atoms with E-state index in [1.807, 2.05) is 12.1 Å². The first kappa shape index (κ1) is 10.1. The molecule has 0 spiro atoms. The number of nitrogens with one attached hydrogen (secondary N) is 2. The van der Waals surface area contributed by atoms with Gasteiger partial charge in [-0.1, -0.05) is 0 Å². The maximum Gasteiger partial charge on any atom is 0.123 e. The largest absolute Gasteiger partial charge is 0.382 e. The summed E-state index contributed by atoms with van der Waals surface area (Å²) in [4.78, 5) is 0. The third kappa shape index (κ3) is 2.05. The molecule has 3 rings (SSSR count). The summed E-state index contributed by atoms with van der Waals surface area (Å²) in [6.07, 6.45) is 5.00. The monoisotopic (exact) mass is 220 g/mol. The Hall–Kier alpha value is -1.09. The van der Waals surface area contributed by atoms with Gasteiger partial charge < -0.3 is 10.6 Å². The molecule has 2 heterocycles. The molecule has 2 saturated heterocycles. The van der Waals surface area contributed by atoms with E-state index in [0.717, 1.165) is 5.69 Å². The Balaban J connectivity index is 1.64. The van der Waals surface area contributed by atoms with E-state index in [1.165, 1.54) is 37.8 Å². The SMILES string of the molecule is Fc1ccc(NC2CC3CC[C@@H](C2)N3)cc1. The lowest BCUT2D eigenvalue weighted by Gasteiger charge is -2.30. The van der Waals surface area contributed by atoms with E-state index >= 15 is 0 Å². The lowest BCUT2D eigenvalue weighted by molar-refractivity contribution is 0.378. The predicted octanol–water partition coefficient (Wildman–Crippen LogP) is 2.52.